The SMILES string of the molecule is COC(=O)C1CCCN1C(=O)C1CCC2CCCCC2N1. The molecule has 1 aliphatic carbocycles. The third-order valence-corrected chi connectivity index (χ3v) is 5.46. The van der Waals surface area contributed by atoms with Crippen LogP contribution in [-0.4, -0.2) is 48.6 Å². The molecule has 2 heterocycles. The first-order valence-corrected chi connectivity index (χ1v) is 8.35. The molecule has 0 aromatic heterocycles. The molecule has 3 rings (SSSR count). The number of carbonyl (C=O) groups is 2. The van der Waals surface area contributed by atoms with E-state index in [-0.39, 0.29) is 24.0 Å². The maximum absolute atomic E-state index is 12.8. The Bertz CT molecular complexity index is 412. The summed E-state index contributed by atoms with van der Waals surface area (Å²) in [5, 5.41) is 3.57. The van der Waals surface area contributed by atoms with Crippen LogP contribution in [0.1, 0.15) is 51.4 Å². The van der Waals surface area contributed by atoms with Gasteiger partial charge in [0.1, 0.15) is 6.04 Å². The normalized spacial score (nSPS) is 36.1. The Kier molecular flexibility index (Phi) is 4.48. The van der Waals surface area contributed by atoms with E-state index in [4.69, 9.17) is 4.74 Å². The second-order valence-electron chi connectivity index (χ2n) is 6.66. The number of rotatable bonds is 2. The number of hydrogen-bond acceptors (Lipinski definition) is 4. The fourth-order valence-corrected chi connectivity index (χ4v) is 4.30. The van der Waals surface area contributed by atoms with Crippen molar-refractivity contribution in [2.45, 2.75) is 69.5 Å². The monoisotopic (exact) mass is 294 g/mol. The van der Waals surface area contributed by atoms with Crippen molar-refractivity contribution in [2.75, 3.05) is 13.7 Å². The van der Waals surface area contributed by atoms with Gasteiger partial charge in [0.25, 0.3) is 0 Å². The summed E-state index contributed by atoms with van der Waals surface area (Å²) in [6.07, 6.45) is 8.76. The van der Waals surface area contributed by atoms with Gasteiger partial charge in [0, 0.05) is 12.6 Å². The van der Waals surface area contributed by atoms with Crippen LogP contribution in [0.2, 0.25) is 0 Å². The van der Waals surface area contributed by atoms with Crippen molar-refractivity contribution >= 4 is 11.9 Å². The molecule has 0 spiro atoms. The molecule has 0 aromatic carbocycles. The van der Waals surface area contributed by atoms with Crippen LogP contribution >= 0.6 is 0 Å². The van der Waals surface area contributed by atoms with Crippen molar-refractivity contribution < 1.29 is 14.3 Å². The summed E-state index contributed by atoms with van der Waals surface area (Å²) in [6, 6.07) is 0.0311. The van der Waals surface area contributed by atoms with Crippen LogP contribution in [0, 0.1) is 5.92 Å². The van der Waals surface area contributed by atoms with Gasteiger partial charge in [-0.3, -0.25) is 4.79 Å². The summed E-state index contributed by atoms with van der Waals surface area (Å²) in [7, 11) is 1.40. The molecule has 0 aromatic rings. The highest BCUT2D eigenvalue weighted by molar-refractivity contribution is 5.88. The Hall–Kier alpha value is -1.10. The number of ether oxygens (including phenoxy) is 1. The molecule has 1 saturated carbocycles. The van der Waals surface area contributed by atoms with E-state index in [1.54, 1.807) is 4.90 Å². The maximum Gasteiger partial charge on any atom is 0.328 e. The fraction of sp³-hybridized carbons (Fsp3) is 0.875. The fourth-order valence-electron chi connectivity index (χ4n) is 4.30. The minimum Gasteiger partial charge on any atom is -0.467 e. The van der Waals surface area contributed by atoms with E-state index in [2.05, 4.69) is 5.32 Å². The van der Waals surface area contributed by atoms with Crippen LogP contribution in [0.15, 0.2) is 0 Å². The van der Waals surface area contributed by atoms with Crippen molar-refractivity contribution in [2.24, 2.45) is 5.92 Å². The molecule has 0 bridgehead atoms. The third kappa shape index (κ3) is 2.93. The second-order valence-corrected chi connectivity index (χ2v) is 6.66. The van der Waals surface area contributed by atoms with Gasteiger partial charge in [0.05, 0.1) is 13.2 Å². The highest BCUT2D eigenvalue weighted by Gasteiger charge is 2.41. The Morgan fingerprint density at radius 2 is 1.86 bits per heavy atom. The Morgan fingerprint density at radius 1 is 1.05 bits per heavy atom. The molecular formula is C16H26N2O3. The quantitative estimate of drug-likeness (QED) is 0.783. The van der Waals surface area contributed by atoms with Gasteiger partial charge >= 0.3 is 5.97 Å². The van der Waals surface area contributed by atoms with E-state index in [0.29, 0.717) is 12.6 Å². The summed E-state index contributed by atoms with van der Waals surface area (Å²) in [4.78, 5) is 26.3. The molecule has 2 aliphatic heterocycles. The molecule has 21 heavy (non-hydrogen) atoms. The van der Waals surface area contributed by atoms with Gasteiger partial charge in [-0.25, -0.2) is 4.79 Å². The number of nitrogens with one attached hydrogen (secondary N) is 1. The Balaban J connectivity index is 1.63. The zero-order valence-corrected chi connectivity index (χ0v) is 12.8. The Morgan fingerprint density at radius 3 is 2.67 bits per heavy atom. The van der Waals surface area contributed by atoms with Gasteiger partial charge in [-0.15, -0.1) is 0 Å². The molecule has 3 aliphatic rings. The van der Waals surface area contributed by atoms with Gasteiger partial charge in [-0.1, -0.05) is 12.8 Å². The van der Waals surface area contributed by atoms with Gasteiger partial charge in [0.2, 0.25) is 5.91 Å². The molecular weight excluding hydrogens is 268 g/mol. The molecule has 3 fully saturated rings. The molecule has 4 unspecified atom stereocenters. The minimum absolute atomic E-state index is 0.102. The van der Waals surface area contributed by atoms with E-state index in [1.807, 2.05) is 0 Å². The van der Waals surface area contributed by atoms with Crippen molar-refractivity contribution in [3.63, 3.8) is 0 Å². The number of carbonyl (C=O) groups excluding carboxylic acids is 2. The van der Waals surface area contributed by atoms with Crippen LogP contribution in [0.25, 0.3) is 0 Å². The number of fused-ring (bicyclic) bond motifs is 1. The first-order valence-electron chi connectivity index (χ1n) is 8.35. The molecule has 0 radical (unpaired) electrons. The van der Waals surface area contributed by atoms with Crippen molar-refractivity contribution in [3.05, 3.63) is 0 Å². The molecule has 118 valence electrons. The van der Waals surface area contributed by atoms with Gasteiger partial charge in [0.15, 0.2) is 0 Å². The summed E-state index contributed by atoms with van der Waals surface area (Å²) in [6.45, 7) is 0.685. The summed E-state index contributed by atoms with van der Waals surface area (Å²) < 4.78 is 4.83. The summed E-state index contributed by atoms with van der Waals surface area (Å²) in [5.41, 5.74) is 0. The van der Waals surface area contributed by atoms with E-state index in [9.17, 15) is 9.59 Å². The number of esters is 1. The van der Waals surface area contributed by atoms with Crippen LogP contribution in [0.4, 0.5) is 0 Å². The maximum atomic E-state index is 12.8. The van der Waals surface area contributed by atoms with Gasteiger partial charge in [-0.2, -0.15) is 0 Å². The van der Waals surface area contributed by atoms with Crippen molar-refractivity contribution in [3.8, 4) is 0 Å². The van der Waals surface area contributed by atoms with E-state index >= 15 is 0 Å². The van der Waals surface area contributed by atoms with Crippen LogP contribution in [0.3, 0.4) is 0 Å². The molecule has 5 nitrogen and oxygen atoms in total. The lowest BCUT2D eigenvalue weighted by molar-refractivity contribution is -0.152. The van der Waals surface area contributed by atoms with Crippen LogP contribution in [-0.2, 0) is 14.3 Å². The Labute approximate surface area is 126 Å². The third-order valence-electron chi connectivity index (χ3n) is 5.46. The van der Waals surface area contributed by atoms with Crippen LogP contribution in [0.5, 0.6) is 0 Å². The average molecular weight is 294 g/mol. The molecule has 4 atom stereocenters. The lowest BCUT2D eigenvalue weighted by Gasteiger charge is -2.41. The molecule has 1 N–H and O–H groups in total. The lowest BCUT2D eigenvalue weighted by Crippen LogP contribution is -2.57. The van der Waals surface area contributed by atoms with Crippen LogP contribution < -0.4 is 5.32 Å². The highest BCUT2D eigenvalue weighted by atomic mass is 16.5. The first kappa shape index (κ1) is 14.8. The molecule has 5 heteroatoms. The first-order chi connectivity index (χ1) is 10.2. The standard InChI is InChI=1S/C16H26N2O3/c1-21-16(20)14-7-4-10-18(14)15(19)13-9-8-11-5-2-3-6-12(11)17-13/h11-14,17H,2-10H2,1H3. The predicted molar refractivity (Wildman–Crippen MR) is 78.7 cm³/mol. The van der Waals surface area contributed by atoms with E-state index in [1.165, 1.54) is 32.8 Å². The van der Waals surface area contributed by atoms with Crippen molar-refractivity contribution in [1.29, 1.82) is 0 Å². The minimum atomic E-state index is -0.367. The van der Waals surface area contributed by atoms with Gasteiger partial charge < -0.3 is 15.0 Å². The predicted octanol–water partition coefficient (Wildman–Crippen LogP) is 1.46. The molecule has 1 amide bonds. The number of amides is 1. The number of likely N-dealkylation sites (tertiary alicyclic amines) is 1. The number of nitrogens with zero attached hydrogens (tertiary/aromatic N) is 1. The van der Waals surface area contributed by atoms with E-state index in [0.717, 1.165) is 31.6 Å². The number of methoxy groups -OCH3 is 1. The van der Waals surface area contributed by atoms with E-state index < -0.39 is 0 Å². The van der Waals surface area contributed by atoms with Crippen molar-refractivity contribution in [1.82, 2.24) is 10.2 Å². The smallest absolute Gasteiger partial charge is 0.328 e. The number of hydrogen-bond donors (Lipinski definition) is 1. The highest BCUT2D eigenvalue weighted by Crippen LogP contribution is 2.33. The second kappa shape index (κ2) is 6.34. The summed E-state index contributed by atoms with van der Waals surface area (Å²) >= 11 is 0. The largest absolute Gasteiger partial charge is 0.467 e. The van der Waals surface area contributed by atoms with Gasteiger partial charge in [-0.05, 0) is 44.4 Å². The summed E-state index contributed by atoms with van der Waals surface area (Å²) in [5.74, 6) is 0.580. The average Bonchev–Trinajstić information content (AvgIpc) is 3.02. The lowest BCUT2D eigenvalue weighted by atomic mass is 9.77. The topological polar surface area (TPSA) is 58.6 Å². The zero-order chi connectivity index (χ0) is 14.8. The number of piperidine rings is 1. The zero-order valence-electron chi connectivity index (χ0n) is 12.8. The molecule has 2 saturated heterocycles.